The second kappa shape index (κ2) is 8.88. The van der Waals surface area contributed by atoms with Crippen LogP contribution < -0.4 is 5.56 Å². The van der Waals surface area contributed by atoms with Gasteiger partial charge in [0.15, 0.2) is 14.8 Å². The second-order valence-corrected chi connectivity index (χ2v) is 9.90. The zero-order chi connectivity index (χ0) is 21.3. The van der Waals surface area contributed by atoms with Crippen LogP contribution in [0.4, 0.5) is 0 Å². The first-order valence-corrected chi connectivity index (χ1v) is 12.2. The molecule has 154 valence electrons. The maximum atomic E-state index is 13.6. The molecule has 0 saturated heterocycles. The first kappa shape index (κ1) is 21.0. The molecule has 0 aliphatic rings. The molecule has 0 N–H and O–H groups in total. The van der Waals surface area contributed by atoms with Gasteiger partial charge in [0, 0.05) is 11.4 Å². The van der Waals surface area contributed by atoms with E-state index in [0.29, 0.717) is 19.5 Å². The van der Waals surface area contributed by atoms with Gasteiger partial charge in [-0.25, -0.2) is 4.98 Å². The van der Waals surface area contributed by atoms with Gasteiger partial charge < -0.3 is 0 Å². The van der Waals surface area contributed by atoms with E-state index in [1.54, 1.807) is 16.3 Å². The van der Waals surface area contributed by atoms with E-state index in [9.17, 15) is 4.79 Å². The fourth-order valence-electron chi connectivity index (χ4n) is 3.24. The van der Waals surface area contributed by atoms with Crippen molar-refractivity contribution in [1.29, 1.82) is 0 Å². The Labute approximate surface area is 189 Å². The second-order valence-electron chi connectivity index (χ2n) is 7.20. The summed E-state index contributed by atoms with van der Waals surface area (Å²) in [6, 6.07) is 15.9. The molecule has 4 nitrogen and oxygen atoms in total. The van der Waals surface area contributed by atoms with Crippen LogP contribution in [0.15, 0.2) is 58.5 Å². The van der Waals surface area contributed by atoms with Gasteiger partial charge in [0.2, 0.25) is 0 Å². The Morgan fingerprint density at radius 3 is 2.50 bits per heavy atom. The van der Waals surface area contributed by atoms with Crippen molar-refractivity contribution in [3.63, 3.8) is 0 Å². The number of rotatable bonds is 6. The lowest BCUT2D eigenvalue weighted by molar-refractivity contribution is 0.807. The van der Waals surface area contributed by atoms with Crippen LogP contribution in [0.2, 0.25) is 0 Å². The smallest absolute Gasteiger partial charge is 0.275 e. The van der Waals surface area contributed by atoms with Crippen molar-refractivity contribution in [2.45, 2.75) is 38.8 Å². The first-order chi connectivity index (χ1) is 14.5. The van der Waals surface area contributed by atoms with Gasteiger partial charge in [0.05, 0.1) is 5.69 Å². The monoisotopic (exact) mass is 453 g/mol. The largest absolute Gasteiger partial charge is 0.278 e. The molecule has 0 saturated carbocycles. The number of aryl methyl sites for hydroxylation is 2. The molecule has 7 heteroatoms. The molecule has 0 atom stereocenters. The van der Waals surface area contributed by atoms with E-state index in [4.69, 9.17) is 17.2 Å². The Morgan fingerprint density at radius 1 is 1.03 bits per heavy atom. The molecule has 30 heavy (non-hydrogen) atoms. The van der Waals surface area contributed by atoms with Crippen molar-refractivity contribution in [3.05, 3.63) is 74.0 Å². The summed E-state index contributed by atoms with van der Waals surface area (Å²) < 4.78 is 4.87. The van der Waals surface area contributed by atoms with Crippen LogP contribution >= 0.6 is 35.3 Å². The highest BCUT2D eigenvalue weighted by molar-refractivity contribution is 7.99. The molecule has 2 aromatic carbocycles. The average Bonchev–Trinajstić information content (AvgIpc) is 3.07. The Bertz CT molecular complexity index is 1320. The number of thiazole rings is 1. The summed E-state index contributed by atoms with van der Waals surface area (Å²) in [7, 11) is 0. The van der Waals surface area contributed by atoms with Crippen molar-refractivity contribution >= 4 is 45.7 Å². The van der Waals surface area contributed by atoms with Gasteiger partial charge in [0.1, 0.15) is 4.70 Å². The number of para-hydroxylation sites is 1. The zero-order valence-corrected chi connectivity index (χ0v) is 19.7. The van der Waals surface area contributed by atoms with E-state index in [2.05, 4.69) is 32.9 Å². The minimum absolute atomic E-state index is 0.0658. The van der Waals surface area contributed by atoms with E-state index in [1.165, 1.54) is 22.5 Å². The lowest BCUT2D eigenvalue weighted by atomic mass is 10.1. The highest BCUT2D eigenvalue weighted by atomic mass is 32.2. The van der Waals surface area contributed by atoms with Crippen molar-refractivity contribution < 1.29 is 0 Å². The standard InChI is InChI=1S/C23H23N3OS3/c1-4-5-13-29-22-24-20-19(21(27)26(22)17-9-7-6-8-10-17)30-23(28)25(20)18-12-11-15(2)16(3)14-18/h6-12,14H,4-5,13H2,1-3H3. The van der Waals surface area contributed by atoms with Gasteiger partial charge in [-0.05, 0) is 67.9 Å². The van der Waals surface area contributed by atoms with Gasteiger partial charge in [-0.3, -0.25) is 13.9 Å². The lowest BCUT2D eigenvalue weighted by Gasteiger charge is -2.13. The zero-order valence-electron chi connectivity index (χ0n) is 17.2. The number of nitrogens with zero attached hydrogens (tertiary/aromatic N) is 3. The maximum absolute atomic E-state index is 13.6. The SMILES string of the molecule is CCCCSc1nc2c(sc(=S)n2-c2ccc(C)c(C)c2)c(=O)n1-c1ccccc1. The molecule has 0 aliphatic carbocycles. The summed E-state index contributed by atoms with van der Waals surface area (Å²) in [4.78, 5) is 18.5. The Kier molecular flexibility index (Phi) is 6.22. The number of hydrogen-bond donors (Lipinski definition) is 0. The van der Waals surface area contributed by atoms with Gasteiger partial charge in [-0.15, -0.1) is 0 Å². The van der Waals surface area contributed by atoms with Crippen LogP contribution in [-0.2, 0) is 0 Å². The van der Waals surface area contributed by atoms with Crippen LogP contribution in [0.25, 0.3) is 21.7 Å². The van der Waals surface area contributed by atoms with Gasteiger partial charge >= 0.3 is 0 Å². The molecule has 4 rings (SSSR count). The number of unbranched alkanes of at least 4 members (excludes halogenated alkanes) is 1. The third kappa shape index (κ3) is 3.89. The average molecular weight is 454 g/mol. The van der Waals surface area contributed by atoms with Crippen LogP contribution in [0.5, 0.6) is 0 Å². The number of aromatic nitrogens is 3. The van der Waals surface area contributed by atoms with Crippen LogP contribution in [-0.4, -0.2) is 19.9 Å². The quantitative estimate of drug-likeness (QED) is 0.145. The first-order valence-electron chi connectivity index (χ1n) is 9.95. The molecule has 4 aromatic rings. The predicted octanol–water partition coefficient (Wildman–Crippen LogP) is 6.48. The summed E-state index contributed by atoms with van der Waals surface area (Å²) >= 11 is 8.62. The molecule has 0 spiro atoms. The number of thioether (sulfide) groups is 1. The predicted molar refractivity (Wildman–Crippen MR) is 130 cm³/mol. The molecule has 0 aliphatic heterocycles. The summed E-state index contributed by atoms with van der Waals surface area (Å²) in [5.41, 5.74) is 4.76. The van der Waals surface area contributed by atoms with E-state index >= 15 is 0 Å². The summed E-state index contributed by atoms with van der Waals surface area (Å²) in [6.07, 6.45) is 2.17. The fourth-order valence-corrected chi connectivity index (χ4v) is 5.63. The molecule has 2 aromatic heterocycles. The van der Waals surface area contributed by atoms with Crippen LogP contribution in [0.3, 0.4) is 0 Å². The van der Waals surface area contributed by atoms with E-state index in [0.717, 1.165) is 30.0 Å². The fraction of sp³-hybridized carbons (Fsp3) is 0.261. The number of hydrogen-bond acceptors (Lipinski definition) is 5. The Balaban J connectivity index is 1.99. The summed E-state index contributed by atoms with van der Waals surface area (Å²) in [5, 5.41) is 0.706. The van der Waals surface area contributed by atoms with Gasteiger partial charge in [0.25, 0.3) is 5.56 Å². The van der Waals surface area contributed by atoms with Crippen LogP contribution in [0.1, 0.15) is 30.9 Å². The van der Waals surface area contributed by atoms with Crippen molar-refractivity contribution in [2.75, 3.05) is 5.75 Å². The minimum atomic E-state index is -0.0658. The molecule has 0 fully saturated rings. The Morgan fingerprint density at radius 2 is 1.80 bits per heavy atom. The third-order valence-corrected chi connectivity index (χ3v) is 7.45. The van der Waals surface area contributed by atoms with Crippen LogP contribution in [0, 0.1) is 17.8 Å². The number of benzene rings is 2. The molecule has 0 unspecified atom stereocenters. The Hall–Kier alpha value is -2.22. The van der Waals surface area contributed by atoms with E-state index in [1.807, 2.05) is 41.0 Å². The molecule has 0 bridgehead atoms. The molecule has 0 amide bonds. The normalized spacial score (nSPS) is 11.3. The van der Waals surface area contributed by atoms with E-state index in [-0.39, 0.29) is 5.56 Å². The van der Waals surface area contributed by atoms with Gasteiger partial charge in [-0.1, -0.05) is 60.7 Å². The highest BCUT2D eigenvalue weighted by Gasteiger charge is 2.19. The van der Waals surface area contributed by atoms with E-state index < -0.39 is 0 Å². The number of fused-ring (bicyclic) bond motifs is 1. The van der Waals surface area contributed by atoms with Crippen molar-refractivity contribution in [1.82, 2.24) is 14.1 Å². The summed E-state index contributed by atoms with van der Waals surface area (Å²) in [6.45, 7) is 6.33. The van der Waals surface area contributed by atoms with Crippen molar-refractivity contribution in [2.24, 2.45) is 0 Å². The molecule has 2 heterocycles. The highest BCUT2D eigenvalue weighted by Crippen LogP contribution is 2.28. The minimum Gasteiger partial charge on any atom is -0.275 e. The molecular weight excluding hydrogens is 430 g/mol. The summed E-state index contributed by atoms with van der Waals surface area (Å²) in [5.74, 6) is 0.912. The topological polar surface area (TPSA) is 39.8 Å². The van der Waals surface area contributed by atoms with Gasteiger partial charge in [-0.2, -0.15) is 0 Å². The van der Waals surface area contributed by atoms with Crippen molar-refractivity contribution in [3.8, 4) is 11.4 Å². The lowest BCUT2D eigenvalue weighted by Crippen LogP contribution is -2.21. The maximum Gasteiger partial charge on any atom is 0.278 e. The molecule has 0 radical (unpaired) electrons. The third-order valence-electron chi connectivity index (χ3n) is 5.07. The molecular formula is C23H23N3OS3.